The number of nitrogens with two attached hydrogens (primary N) is 1. The predicted octanol–water partition coefficient (Wildman–Crippen LogP) is 3.34. The molecule has 1 heterocycles. The van der Waals surface area contributed by atoms with E-state index in [0.29, 0.717) is 22.5 Å². The van der Waals surface area contributed by atoms with Crippen molar-refractivity contribution in [2.24, 2.45) is 5.73 Å². The molecule has 1 aromatic carbocycles. The normalized spacial score (nSPS) is 10.9. The Morgan fingerprint density at radius 1 is 1.47 bits per heavy atom. The van der Waals surface area contributed by atoms with Crippen molar-refractivity contribution in [2.45, 2.75) is 26.3 Å². The monoisotopic (exact) mass is 293 g/mol. The Morgan fingerprint density at radius 2 is 2.21 bits per heavy atom. The van der Waals surface area contributed by atoms with Crippen molar-refractivity contribution >= 4 is 28.8 Å². The van der Waals surface area contributed by atoms with Crippen LogP contribution in [-0.4, -0.2) is 14.5 Å². The summed E-state index contributed by atoms with van der Waals surface area (Å²) in [6.07, 6.45) is 3.78. The van der Waals surface area contributed by atoms with Crippen molar-refractivity contribution in [3.05, 3.63) is 52.6 Å². The fourth-order valence-electron chi connectivity index (χ4n) is 1.97. The number of benzene rings is 1. The summed E-state index contributed by atoms with van der Waals surface area (Å²) in [6.45, 7) is 4.94. The van der Waals surface area contributed by atoms with Gasteiger partial charge in [0.15, 0.2) is 0 Å². The fourth-order valence-corrected chi connectivity index (χ4v) is 2.33. The van der Waals surface area contributed by atoms with Gasteiger partial charge in [0.05, 0.1) is 6.54 Å². The van der Waals surface area contributed by atoms with Crippen LogP contribution >= 0.6 is 23.8 Å². The molecule has 0 aliphatic carbocycles. The van der Waals surface area contributed by atoms with Crippen LogP contribution in [0.1, 0.15) is 36.7 Å². The van der Waals surface area contributed by atoms with Crippen LogP contribution in [0.25, 0.3) is 0 Å². The number of nitrogens with zero attached hydrogens (tertiary/aromatic N) is 2. The molecule has 0 aliphatic heterocycles. The van der Waals surface area contributed by atoms with Crippen molar-refractivity contribution in [2.75, 3.05) is 0 Å². The van der Waals surface area contributed by atoms with Crippen molar-refractivity contribution in [3.63, 3.8) is 0 Å². The summed E-state index contributed by atoms with van der Waals surface area (Å²) in [5.41, 5.74) is 7.41. The van der Waals surface area contributed by atoms with Crippen LogP contribution in [0, 0.1) is 0 Å². The Balaban J connectivity index is 2.28. The van der Waals surface area contributed by atoms with E-state index in [1.165, 1.54) is 0 Å². The number of hydrogen-bond donors (Lipinski definition) is 1. The molecule has 0 spiro atoms. The van der Waals surface area contributed by atoms with Gasteiger partial charge in [0.25, 0.3) is 0 Å². The van der Waals surface area contributed by atoms with Crippen molar-refractivity contribution < 1.29 is 0 Å². The van der Waals surface area contributed by atoms with Crippen LogP contribution in [0.4, 0.5) is 0 Å². The van der Waals surface area contributed by atoms with E-state index < -0.39 is 0 Å². The third-order valence-electron chi connectivity index (χ3n) is 2.94. The minimum Gasteiger partial charge on any atom is -0.389 e. The summed E-state index contributed by atoms with van der Waals surface area (Å²) in [4.78, 5) is 4.73. The van der Waals surface area contributed by atoms with Gasteiger partial charge in [0, 0.05) is 28.9 Å². The molecule has 0 radical (unpaired) electrons. The maximum Gasteiger partial charge on any atom is 0.111 e. The number of thiocarbonyl (C=S) groups is 1. The molecule has 0 amide bonds. The van der Waals surface area contributed by atoms with Gasteiger partial charge in [0.1, 0.15) is 10.8 Å². The van der Waals surface area contributed by atoms with Crippen LogP contribution in [-0.2, 0) is 6.54 Å². The zero-order valence-corrected chi connectivity index (χ0v) is 12.5. The number of hydrogen-bond acceptors (Lipinski definition) is 2. The summed E-state index contributed by atoms with van der Waals surface area (Å²) in [7, 11) is 0. The highest BCUT2D eigenvalue weighted by atomic mass is 35.5. The van der Waals surface area contributed by atoms with Gasteiger partial charge in [0.2, 0.25) is 0 Å². The quantitative estimate of drug-likeness (QED) is 0.879. The first-order chi connectivity index (χ1) is 8.99. The van der Waals surface area contributed by atoms with Crippen LogP contribution in [0.15, 0.2) is 30.6 Å². The predicted molar refractivity (Wildman–Crippen MR) is 82.8 cm³/mol. The summed E-state index contributed by atoms with van der Waals surface area (Å²) >= 11 is 11.2. The molecule has 0 saturated heterocycles. The summed E-state index contributed by atoms with van der Waals surface area (Å²) in [5.74, 6) is 1.43. The van der Waals surface area contributed by atoms with Gasteiger partial charge in [-0.1, -0.05) is 49.8 Å². The standard InChI is InChI=1S/C14H16ClN3S/c1-9(2)14-17-5-6-18(14)8-11-4-3-10(13(16)19)7-12(11)15/h3-7,9H,8H2,1-2H3,(H2,16,19). The molecule has 19 heavy (non-hydrogen) atoms. The van der Waals surface area contributed by atoms with Crippen LogP contribution in [0.2, 0.25) is 5.02 Å². The van der Waals surface area contributed by atoms with Crippen molar-refractivity contribution in [3.8, 4) is 0 Å². The largest absolute Gasteiger partial charge is 0.389 e. The Hall–Kier alpha value is -1.39. The highest BCUT2D eigenvalue weighted by Gasteiger charge is 2.10. The summed E-state index contributed by atoms with van der Waals surface area (Å²) in [5, 5.41) is 0.675. The first kappa shape index (κ1) is 14.0. The zero-order valence-electron chi connectivity index (χ0n) is 10.9. The van der Waals surface area contributed by atoms with Gasteiger partial charge >= 0.3 is 0 Å². The molecular formula is C14H16ClN3S. The molecule has 5 heteroatoms. The zero-order chi connectivity index (χ0) is 14.0. The van der Waals surface area contributed by atoms with Crippen LogP contribution < -0.4 is 5.73 Å². The third kappa shape index (κ3) is 3.14. The smallest absolute Gasteiger partial charge is 0.111 e. The average Bonchev–Trinajstić information content (AvgIpc) is 2.79. The molecule has 100 valence electrons. The number of imidazole rings is 1. The lowest BCUT2D eigenvalue weighted by molar-refractivity contribution is 0.670. The maximum absolute atomic E-state index is 6.27. The molecular weight excluding hydrogens is 278 g/mol. The van der Waals surface area contributed by atoms with Crippen molar-refractivity contribution in [1.82, 2.24) is 9.55 Å². The van der Waals surface area contributed by atoms with Gasteiger partial charge in [-0.15, -0.1) is 0 Å². The molecule has 3 nitrogen and oxygen atoms in total. The van der Waals surface area contributed by atoms with E-state index in [0.717, 1.165) is 17.0 Å². The fraction of sp³-hybridized carbons (Fsp3) is 0.286. The average molecular weight is 294 g/mol. The lowest BCUT2D eigenvalue weighted by atomic mass is 10.1. The Kier molecular flexibility index (Phi) is 4.22. The second-order valence-electron chi connectivity index (χ2n) is 4.74. The van der Waals surface area contributed by atoms with Gasteiger partial charge in [-0.3, -0.25) is 0 Å². The molecule has 2 N–H and O–H groups in total. The highest BCUT2D eigenvalue weighted by Crippen LogP contribution is 2.21. The van der Waals surface area contributed by atoms with Crippen molar-refractivity contribution in [1.29, 1.82) is 0 Å². The van der Waals surface area contributed by atoms with E-state index in [1.807, 2.05) is 30.6 Å². The third-order valence-corrected chi connectivity index (χ3v) is 3.53. The molecule has 0 unspecified atom stereocenters. The maximum atomic E-state index is 6.27. The first-order valence-corrected chi connectivity index (χ1v) is 6.87. The Morgan fingerprint density at radius 3 is 2.79 bits per heavy atom. The van der Waals surface area contributed by atoms with Gasteiger partial charge in [-0.25, -0.2) is 4.98 Å². The van der Waals surface area contributed by atoms with Gasteiger partial charge in [-0.05, 0) is 11.6 Å². The van der Waals surface area contributed by atoms with Gasteiger partial charge < -0.3 is 10.3 Å². The molecule has 0 atom stereocenters. The molecule has 0 fully saturated rings. The topological polar surface area (TPSA) is 43.8 Å². The minimum absolute atomic E-state index is 0.360. The number of rotatable bonds is 4. The molecule has 0 aliphatic rings. The Bertz CT molecular complexity index is 604. The van der Waals surface area contributed by atoms with E-state index in [-0.39, 0.29) is 0 Å². The first-order valence-electron chi connectivity index (χ1n) is 6.08. The van der Waals surface area contributed by atoms with Crippen LogP contribution in [0.5, 0.6) is 0 Å². The summed E-state index contributed by atoms with van der Waals surface area (Å²) < 4.78 is 2.10. The highest BCUT2D eigenvalue weighted by molar-refractivity contribution is 7.80. The van der Waals surface area contributed by atoms with E-state index in [4.69, 9.17) is 29.6 Å². The second-order valence-corrected chi connectivity index (χ2v) is 5.59. The summed E-state index contributed by atoms with van der Waals surface area (Å²) in [6, 6.07) is 5.67. The van der Waals surface area contributed by atoms with E-state index in [9.17, 15) is 0 Å². The van der Waals surface area contributed by atoms with E-state index in [2.05, 4.69) is 23.4 Å². The van der Waals surface area contributed by atoms with E-state index >= 15 is 0 Å². The SMILES string of the molecule is CC(C)c1nccn1Cc1ccc(C(N)=S)cc1Cl. The molecule has 0 saturated carbocycles. The lowest BCUT2D eigenvalue weighted by Gasteiger charge is -2.12. The minimum atomic E-state index is 0.360. The second kappa shape index (κ2) is 5.72. The van der Waals surface area contributed by atoms with Crippen LogP contribution in [0.3, 0.4) is 0 Å². The van der Waals surface area contributed by atoms with E-state index in [1.54, 1.807) is 0 Å². The lowest BCUT2D eigenvalue weighted by Crippen LogP contribution is -2.10. The molecule has 2 rings (SSSR count). The number of aromatic nitrogens is 2. The molecule has 1 aromatic heterocycles. The molecule has 0 bridgehead atoms. The molecule has 2 aromatic rings. The Labute approximate surface area is 123 Å². The van der Waals surface area contributed by atoms with Gasteiger partial charge in [-0.2, -0.15) is 0 Å². The number of halogens is 1.